The van der Waals surface area contributed by atoms with E-state index >= 15 is 0 Å². The first kappa shape index (κ1) is 30.6. The van der Waals surface area contributed by atoms with Crippen molar-refractivity contribution in [2.24, 2.45) is 0 Å². The van der Waals surface area contributed by atoms with Gasteiger partial charge in [0.15, 0.2) is 17.5 Å². The fourth-order valence-corrected chi connectivity index (χ4v) is 7.60. The monoisotopic (exact) mass is 676 g/mol. The van der Waals surface area contributed by atoms with E-state index < -0.39 is 0 Å². The average molecular weight is 677 g/mol. The molecule has 53 heavy (non-hydrogen) atoms. The summed E-state index contributed by atoms with van der Waals surface area (Å²) < 4.78 is 2.38. The number of nitrogens with zero attached hydrogens (tertiary/aromatic N) is 4. The molecule has 2 aromatic heterocycles. The summed E-state index contributed by atoms with van der Waals surface area (Å²) in [4.78, 5) is 15.7. The van der Waals surface area contributed by atoms with E-state index in [9.17, 15) is 0 Å². The molecule has 10 rings (SSSR count). The molecule has 0 aliphatic heterocycles. The molecule has 0 aliphatic rings. The molecule has 0 radical (unpaired) electrons. The van der Waals surface area contributed by atoms with Gasteiger partial charge in [-0.05, 0) is 45.8 Å². The van der Waals surface area contributed by atoms with Gasteiger partial charge in [-0.25, -0.2) is 15.0 Å². The van der Waals surface area contributed by atoms with E-state index in [2.05, 4.69) is 174 Å². The SMILES string of the molecule is c1ccc(-c2ccc(-c3ccccc3-c3nc(-c4ccccc4)nc(-c4cccc5c4c4ccc6ccccc6c4n5-c4ccccc4)n3)cc2)cc1. The van der Waals surface area contributed by atoms with Crippen molar-refractivity contribution in [2.75, 3.05) is 0 Å². The Hall–Kier alpha value is -7.17. The van der Waals surface area contributed by atoms with Gasteiger partial charge in [0, 0.05) is 38.5 Å². The van der Waals surface area contributed by atoms with Crippen LogP contribution in [0, 0.1) is 0 Å². The number of hydrogen-bond donors (Lipinski definition) is 0. The molecule has 248 valence electrons. The fourth-order valence-electron chi connectivity index (χ4n) is 7.60. The molecule has 4 nitrogen and oxygen atoms in total. The lowest BCUT2D eigenvalue weighted by atomic mass is 9.96. The topological polar surface area (TPSA) is 43.6 Å². The summed E-state index contributed by atoms with van der Waals surface area (Å²) in [5.74, 6) is 1.90. The quantitative estimate of drug-likeness (QED) is 0.176. The molecule has 0 unspecified atom stereocenters. The Morgan fingerprint density at radius 2 is 0.868 bits per heavy atom. The van der Waals surface area contributed by atoms with Crippen LogP contribution in [0.2, 0.25) is 0 Å². The Balaban J connectivity index is 1.22. The third-order valence-corrected chi connectivity index (χ3v) is 10.1. The highest BCUT2D eigenvalue weighted by Crippen LogP contribution is 2.41. The van der Waals surface area contributed by atoms with Crippen LogP contribution in [0.3, 0.4) is 0 Å². The molecule has 0 fully saturated rings. The van der Waals surface area contributed by atoms with Crippen LogP contribution in [0.5, 0.6) is 0 Å². The minimum absolute atomic E-state index is 0.630. The van der Waals surface area contributed by atoms with Crippen LogP contribution in [0.1, 0.15) is 0 Å². The van der Waals surface area contributed by atoms with E-state index in [4.69, 9.17) is 15.0 Å². The third-order valence-electron chi connectivity index (χ3n) is 10.1. The van der Waals surface area contributed by atoms with Gasteiger partial charge in [0.2, 0.25) is 0 Å². The zero-order chi connectivity index (χ0) is 35.1. The lowest BCUT2D eigenvalue weighted by molar-refractivity contribution is 1.08. The second kappa shape index (κ2) is 12.9. The maximum absolute atomic E-state index is 5.32. The Kier molecular flexibility index (Phi) is 7.43. The Morgan fingerprint density at radius 3 is 1.62 bits per heavy atom. The van der Waals surface area contributed by atoms with E-state index in [1.165, 1.54) is 27.4 Å². The summed E-state index contributed by atoms with van der Waals surface area (Å²) in [6.45, 7) is 0. The lowest BCUT2D eigenvalue weighted by Gasteiger charge is -2.13. The molecule has 0 atom stereocenters. The molecule has 8 aromatic carbocycles. The molecule has 0 saturated carbocycles. The van der Waals surface area contributed by atoms with Crippen LogP contribution in [0.4, 0.5) is 0 Å². The molecule has 0 saturated heterocycles. The molecule has 0 bridgehead atoms. The summed E-state index contributed by atoms with van der Waals surface area (Å²) >= 11 is 0. The number of benzene rings is 8. The highest BCUT2D eigenvalue weighted by atomic mass is 15.0. The normalized spacial score (nSPS) is 11.4. The van der Waals surface area contributed by atoms with Crippen molar-refractivity contribution in [3.05, 3.63) is 194 Å². The molecule has 4 heteroatoms. The Labute approximate surface area is 307 Å². The summed E-state index contributed by atoms with van der Waals surface area (Å²) in [6.07, 6.45) is 0. The predicted molar refractivity (Wildman–Crippen MR) is 219 cm³/mol. The molecule has 0 N–H and O–H groups in total. The van der Waals surface area contributed by atoms with Gasteiger partial charge in [-0.15, -0.1) is 0 Å². The molecular weight excluding hydrogens is 645 g/mol. The maximum atomic E-state index is 5.32. The van der Waals surface area contributed by atoms with E-state index in [0.29, 0.717) is 17.5 Å². The zero-order valence-corrected chi connectivity index (χ0v) is 28.8. The van der Waals surface area contributed by atoms with E-state index in [-0.39, 0.29) is 0 Å². The second-order valence-electron chi connectivity index (χ2n) is 13.2. The van der Waals surface area contributed by atoms with Crippen molar-refractivity contribution in [1.29, 1.82) is 0 Å². The van der Waals surface area contributed by atoms with E-state index in [1.54, 1.807) is 0 Å². The number of aromatic nitrogens is 4. The first-order valence-corrected chi connectivity index (χ1v) is 17.9. The number of hydrogen-bond acceptors (Lipinski definition) is 3. The highest BCUT2D eigenvalue weighted by Gasteiger charge is 2.21. The minimum atomic E-state index is 0.630. The van der Waals surface area contributed by atoms with Gasteiger partial charge in [-0.2, -0.15) is 0 Å². The zero-order valence-electron chi connectivity index (χ0n) is 28.8. The van der Waals surface area contributed by atoms with Crippen molar-refractivity contribution in [1.82, 2.24) is 19.5 Å². The van der Waals surface area contributed by atoms with Crippen molar-refractivity contribution in [2.45, 2.75) is 0 Å². The summed E-state index contributed by atoms with van der Waals surface area (Å²) in [5.41, 5.74) is 10.8. The molecule has 0 amide bonds. The molecule has 10 aromatic rings. The van der Waals surface area contributed by atoms with Gasteiger partial charge < -0.3 is 4.57 Å². The van der Waals surface area contributed by atoms with Gasteiger partial charge in [-0.3, -0.25) is 0 Å². The van der Waals surface area contributed by atoms with Gasteiger partial charge in [0.25, 0.3) is 0 Å². The highest BCUT2D eigenvalue weighted by molar-refractivity contribution is 6.22. The fraction of sp³-hybridized carbons (Fsp3) is 0. The van der Waals surface area contributed by atoms with Crippen molar-refractivity contribution in [3.8, 4) is 62.1 Å². The van der Waals surface area contributed by atoms with Crippen LogP contribution < -0.4 is 0 Å². The largest absolute Gasteiger partial charge is 0.309 e. The van der Waals surface area contributed by atoms with Crippen LogP contribution in [-0.4, -0.2) is 19.5 Å². The molecule has 2 heterocycles. The second-order valence-corrected chi connectivity index (χ2v) is 13.2. The third kappa shape index (κ3) is 5.36. The lowest BCUT2D eigenvalue weighted by Crippen LogP contribution is -2.01. The minimum Gasteiger partial charge on any atom is -0.309 e. The van der Waals surface area contributed by atoms with Crippen LogP contribution in [0.15, 0.2) is 194 Å². The van der Waals surface area contributed by atoms with Gasteiger partial charge in [0.1, 0.15) is 0 Å². The molecule has 0 spiro atoms. The number of rotatable bonds is 6. The van der Waals surface area contributed by atoms with Crippen LogP contribution >= 0.6 is 0 Å². The predicted octanol–water partition coefficient (Wildman–Crippen LogP) is 12.5. The van der Waals surface area contributed by atoms with Gasteiger partial charge >= 0.3 is 0 Å². The average Bonchev–Trinajstić information content (AvgIpc) is 3.60. The Bertz CT molecular complexity index is 2910. The first-order valence-electron chi connectivity index (χ1n) is 17.9. The van der Waals surface area contributed by atoms with Crippen molar-refractivity contribution >= 4 is 32.6 Å². The smallest absolute Gasteiger partial charge is 0.164 e. The number of fused-ring (bicyclic) bond motifs is 5. The van der Waals surface area contributed by atoms with Crippen LogP contribution in [-0.2, 0) is 0 Å². The van der Waals surface area contributed by atoms with Crippen molar-refractivity contribution < 1.29 is 0 Å². The molecule has 0 aliphatic carbocycles. The van der Waals surface area contributed by atoms with Crippen molar-refractivity contribution in [3.63, 3.8) is 0 Å². The number of para-hydroxylation sites is 1. The van der Waals surface area contributed by atoms with E-state index in [1.807, 2.05) is 24.3 Å². The Morgan fingerprint density at radius 1 is 0.321 bits per heavy atom. The first-order chi connectivity index (χ1) is 26.3. The van der Waals surface area contributed by atoms with Crippen LogP contribution in [0.25, 0.3) is 94.7 Å². The standard InChI is InChI=1S/C49H32N4/c1-4-15-33(16-5-1)34-27-29-36(30-28-34)39-22-12-13-24-41(39)48-50-47(37-18-6-2-7-19-37)51-49(52-48)43-25-14-26-44-45(43)42-32-31-35-17-10-11-23-40(35)46(42)53(44)38-20-8-3-9-21-38/h1-32H. The maximum Gasteiger partial charge on any atom is 0.164 e. The van der Waals surface area contributed by atoms with Gasteiger partial charge in [0.05, 0.1) is 11.0 Å². The van der Waals surface area contributed by atoms with E-state index in [0.717, 1.165) is 49.8 Å². The summed E-state index contributed by atoms with van der Waals surface area (Å²) in [5, 5.41) is 4.66. The summed E-state index contributed by atoms with van der Waals surface area (Å²) in [6, 6.07) is 67.9. The summed E-state index contributed by atoms with van der Waals surface area (Å²) in [7, 11) is 0. The van der Waals surface area contributed by atoms with Gasteiger partial charge in [-0.1, -0.05) is 176 Å². The molecular formula is C49H32N4.